The minimum Gasteiger partial charge on any atom is -0.497 e. The molecule has 0 bridgehead atoms. The molecule has 1 aromatic carbocycles. The Morgan fingerprint density at radius 3 is 3.00 bits per heavy atom. The van der Waals surface area contributed by atoms with E-state index >= 15 is 0 Å². The van der Waals surface area contributed by atoms with Crippen LogP contribution in [-0.2, 0) is 5.54 Å². The second-order valence-corrected chi connectivity index (χ2v) is 3.91. The third kappa shape index (κ3) is 0.904. The van der Waals surface area contributed by atoms with Crippen LogP contribution in [0.5, 0.6) is 11.5 Å². The number of benzene rings is 1. The van der Waals surface area contributed by atoms with E-state index < -0.39 is 0 Å². The highest BCUT2D eigenvalue weighted by Crippen LogP contribution is 2.44. The zero-order valence-corrected chi connectivity index (χ0v) is 8.17. The van der Waals surface area contributed by atoms with E-state index in [1.54, 1.807) is 7.11 Å². The summed E-state index contributed by atoms with van der Waals surface area (Å²) in [6.45, 7) is 1.84. The minimum absolute atomic E-state index is 0.0872. The fourth-order valence-corrected chi connectivity index (χ4v) is 2.19. The van der Waals surface area contributed by atoms with Gasteiger partial charge in [0, 0.05) is 5.56 Å². The van der Waals surface area contributed by atoms with Gasteiger partial charge in [0.1, 0.15) is 18.1 Å². The van der Waals surface area contributed by atoms with Gasteiger partial charge in [-0.15, -0.1) is 0 Å². The third-order valence-electron chi connectivity index (χ3n) is 3.19. The molecule has 0 saturated carbocycles. The van der Waals surface area contributed by atoms with Crippen LogP contribution < -0.4 is 14.8 Å². The molecule has 1 fully saturated rings. The fourth-order valence-electron chi connectivity index (χ4n) is 2.19. The van der Waals surface area contributed by atoms with Crippen LogP contribution in [0.4, 0.5) is 0 Å². The minimum atomic E-state index is 0.0872. The lowest BCUT2D eigenvalue weighted by Gasteiger charge is -2.38. The standard InChI is InChI=1S/C11H13NO2/c1-13-8-2-3-10-9(6-8)11(7-14-10)4-5-12-11/h2-3,6,12H,4-5,7H2,1H3/t11-/m0/s1. The zero-order valence-electron chi connectivity index (χ0n) is 8.17. The van der Waals surface area contributed by atoms with Gasteiger partial charge in [-0.2, -0.15) is 0 Å². The quantitative estimate of drug-likeness (QED) is 0.725. The Hall–Kier alpha value is -1.22. The van der Waals surface area contributed by atoms with Gasteiger partial charge >= 0.3 is 0 Å². The fraction of sp³-hybridized carbons (Fsp3) is 0.455. The summed E-state index contributed by atoms with van der Waals surface area (Å²) in [5.74, 6) is 1.90. The molecule has 1 aromatic rings. The summed E-state index contributed by atoms with van der Waals surface area (Å²) in [5, 5.41) is 3.45. The van der Waals surface area contributed by atoms with Crippen LogP contribution in [0, 0.1) is 0 Å². The number of fused-ring (bicyclic) bond motifs is 2. The van der Waals surface area contributed by atoms with Crippen molar-refractivity contribution in [3.63, 3.8) is 0 Å². The van der Waals surface area contributed by atoms with Crippen LogP contribution in [0.15, 0.2) is 18.2 Å². The molecule has 3 nitrogen and oxygen atoms in total. The van der Waals surface area contributed by atoms with Crippen LogP contribution >= 0.6 is 0 Å². The highest BCUT2D eigenvalue weighted by atomic mass is 16.5. The van der Waals surface area contributed by atoms with Crippen LogP contribution in [-0.4, -0.2) is 20.3 Å². The molecule has 2 heterocycles. The maximum absolute atomic E-state index is 5.64. The molecule has 2 aliphatic rings. The van der Waals surface area contributed by atoms with Gasteiger partial charge in [0.2, 0.25) is 0 Å². The number of hydrogen-bond acceptors (Lipinski definition) is 3. The summed E-state index contributed by atoms with van der Waals surface area (Å²) in [6, 6.07) is 6.01. The smallest absolute Gasteiger partial charge is 0.124 e. The van der Waals surface area contributed by atoms with Gasteiger partial charge in [-0.25, -0.2) is 0 Å². The van der Waals surface area contributed by atoms with Crippen molar-refractivity contribution in [2.45, 2.75) is 12.0 Å². The Bertz CT molecular complexity index is 372. The average molecular weight is 191 g/mol. The number of nitrogens with one attached hydrogen (secondary N) is 1. The van der Waals surface area contributed by atoms with Gasteiger partial charge in [-0.3, -0.25) is 0 Å². The highest BCUT2D eigenvalue weighted by molar-refractivity contribution is 5.48. The van der Waals surface area contributed by atoms with E-state index in [-0.39, 0.29) is 5.54 Å². The van der Waals surface area contributed by atoms with Crippen LogP contribution in [0.1, 0.15) is 12.0 Å². The molecular formula is C11H13NO2. The highest BCUT2D eigenvalue weighted by Gasteiger charge is 2.45. The molecule has 3 heteroatoms. The molecule has 0 unspecified atom stereocenters. The van der Waals surface area contributed by atoms with Crippen molar-refractivity contribution in [1.29, 1.82) is 0 Å². The molecular weight excluding hydrogens is 178 g/mol. The topological polar surface area (TPSA) is 30.5 Å². The van der Waals surface area contributed by atoms with Crippen molar-refractivity contribution in [1.82, 2.24) is 5.32 Å². The summed E-state index contributed by atoms with van der Waals surface area (Å²) in [5.41, 5.74) is 1.34. The predicted molar refractivity (Wildman–Crippen MR) is 52.8 cm³/mol. The van der Waals surface area contributed by atoms with Gasteiger partial charge < -0.3 is 14.8 Å². The largest absolute Gasteiger partial charge is 0.497 e. The molecule has 2 aliphatic heterocycles. The lowest BCUT2D eigenvalue weighted by Crippen LogP contribution is -2.55. The van der Waals surface area contributed by atoms with E-state index in [1.165, 1.54) is 5.56 Å². The predicted octanol–water partition coefficient (Wildman–Crippen LogP) is 1.28. The second kappa shape index (κ2) is 2.64. The van der Waals surface area contributed by atoms with Gasteiger partial charge in [-0.1, -0.05) is 0 Å². The van der Waals surface area contributed by atoms with Crippen LogP contribution in [0.25, 0.3) is 0 Å². The molecule has 1 atom stereocenters. The molecule has 0 amide bonds. The molecule has 0 radical (unpaired) electrons. The van der Waals surface area contributed by atoms with E-state index in [1.807, 2.05) is 12.1 Å². The number of methoxy groups -OCH3 is 1. The van der Waals surface area contributed by atoms with Gasteiger partial charge in [0.25, 0.3) is 0 Å². The van der Waals surface area contributed by atoms with Crippen molar-refractivity contribution < 1.29 is 9.47 Å². The first-order valence-electron chi connectivity index (χ1n) is 4.90. The summed E-state index contributed by atoms with van der Waals surface area (Å²) in [7, 11) is 1.69. The van der Waals surface area contributed by atoms with E-state index in [9.17, 15) is 0 Å². The van der Waals surface area contributed by atoms with E-state index in [0.29, 0.717) is 0 Å². The summed E-state index contributed by atoms with van der Waals surface area (Å²) < 4.78 is 10.9. The van der Waals surface area contributed by atoms with Gasteiger partial charge in [-0.05, 0) is 31.2 Å². The summed E-state index contributed by atoms with van der Waals surface area (Å²) >= 11 is 0. The second-order valence-electron chi connectivity index (χ2n) is 3.91. The Morgan fingerprint density at radius 2 is 2.36 bits per heavy atom. The Kier molecular flexibility index (Phi) is 1.53. The molecule has 74 valence electrons. The number of hydrogen-bond donors (Lipinski definition) is 1. The first-order chi connectivity index (χ1) is 6.84. The lowest BCUT2D eigenvalue weighted by atomic mass is 9.83. The Labute approximate surface area is 83.0 Å². The maximum atomic E-state index is 5.64. The van der Waals surface area contributed by atoms with Crippen molar-refractivity contribution in [3.8, 4) is 11.5 Å². The molecule has 3 rings (SSSR count). The lowest BCUT2D eigenvalue weighted by molar-refractivity contribution is 0.154. The molecule has 0 aromatic heterocycles. The molecule has 14 heavy (non-hydrogen) atoms. The van der Waals surface area contributed by atoms with Crippen LogP contribution in [0.3, 0.4) is 0 Å². The molecule has 1 saturated heterocycles. The number of rotatable bonds is 1. The van der Waals surface area contributed by atoms with E-state index in [0.717, 1.165) is 31.1 Å². The van der Waals surface area contributed by atoms with E-state index in [2.05, 4.69) is 11.4 Å². The maximum Gasteiger partial charge on any atom is 0.124 e. The SMILES string of the molecule is COc1ccc2c(c1)[C@]1(CCN1)CO2. The number of ether oxygens (including phenoxy) is 2. The van der Waals surface area contributed by atoms with Gasteiger partial charge in [0.05, 0.1) is 12.6 Å². The monoisotopic (exact) mass is 191 g/mol. The Balaban J connectivity index is 2.08. The average Bonchev–Trinajstić information content (AvgIpc) is 2.55. The van der Waals surface area contributed by atoms with Gasteiger partial charge in [0.15, 0.2) is 0 Å². The van der Waals surface area contributed by atoms with Crippen molar-refractivity contribution in [3.05, 3.63) is 23.8 Å². The van der Waals surface area contributed by atoms with Crippen molar-refractivity contribution in [2.24, 2.45) is 0 Å². The van der Waals surface area contributed by atoms with Crippen LogP contribution in [0.2, 0.25) is 0 Å². The van der Waals surface area contributed by atoms with E-state index in [4.69, 9.17) is 9.47 Å². The molecule has 1 N–H and O–H groups in total. The third-order valence-corrected chi connectivity index (χ3v) is 3.19. The first-order valence-corrected chi connectivity index (χ1v) is 4.90. The van der Waals surface area contributed by atoms with Crippen molar-refractivity contribution in [2.75, 3.05) is 20.3 Å². The zero-order chi connectivity index (χ0) is 9.60. The van der Waals surface area contributed by atoms with Crippen molar-refractivity contribution >= 4 is 0 Å². The summed E-state index contributed by atoms with van der Waals surface area (Å²) in [4.78, 5) is 0. The first kappa shape index (κ1) is 8.12. The summed E-state index contributed by atoms with van der Waals surface area (Å²) in [6.07, 6.45) is 1.16. The molecule has 1 spiro atoms. The normalized spacial score (nSPS) is 28.1. The Morgan fingerprint density at radius 1 is 1.50 bits per heavy atom. The molecule has 0 aliphatic carbocycles.